The molecule has 2 rings (SSSR count). The van der Waals surface area contributed by atoms with Crippen molar-refractivity contribution in [3.05, 3.63) is 36.2 Å². The highest BCUT2D eigenvalue weighted by molar-refractivity contribution is 5.95. The van der Waals surface area contributed by atoms with Gasteiger partial charge in [-0.2, -0.15) is 0 Å². The maximum absolute atomic E-state index is 12.0. The number of benzene rings is 1. The Balaban J connectivity index is 2.23. The quantitative estimate of drug-likeness (QED) is 0.599. The number of carbonyl (C=O) groups excluding carboxylic acids is 2. The predicted octanol–water partition coefficient (Wildman–Crippen LogP) is 1.91. The lowest BCUT2D eigenvalue weighted by Crippen LogP contribution is -2.30. The van der Waals surface area contributed by atoms with Crippen LogP contribution in [0.5, 0.6) is 0 Å². The molecule has 0 unspecified atom stereocenters. The third-order valence-electron chi connectivity index (χ3n) is 3.05. The van der Waals surface area contributed by atoms with Crippen molar-refractivity contribution in [3.63, 3.8) is 0 Å². The number of nitrogens with zero attached hydrogens (tertiary/aromatic N) is 2. The van der Waals surface area contributed by atoms with Crippen molar-refractivity contribution in [2.24, 2.45) is 5.92 Å². The average Bonchev–Trinajstić information content (AvgIpc) is 2.52. The van der Waals surface area contributed by atoms with Gasteiger partial charge in [0.1, 0.15) is 0 Å². The monoisotopic (exact) mass is 302 g/mol. The number of rotatable bonds is 6. The fourth-order valence-electron chi connectivity index (χ4n) is 2.05. The van der Waals surface area contributed by atoms with Crippen molar-refractivity contribution in [1.82, 2.24) is 9.97 Å². The fraction of sp³-hybridized carbons (Fsp3) is 0.375. The van der Waals surface area contributed by atoms with Crippen LogP contribution in [0.4, 0.5) is 0 Å². The molecule has 0 fully saturated rings. The molecule has 0 bridgehead atoms. The van der Waals surface area contributed by atoms with E-state index in [1.165, 1.54) is 0 Å². The van der Waals surface area contributed by atoms with Crippen molar-refractivity contribution in [3.8, 4) is 0 Å². The highest BCUT2D eigenvalue weighted by Gasteiger charge is 2.30. The Morgan fingerprint density at radius 2 is 1.64 bits per heavy atom. The molecule has 1 heterocycles. The lowest BCUT2D eigenvalue weighted by atomic mass is 10.0. The molecule has 0 saturated heterocycles. The van der Waals surface area contributed by atoms with Crippen molar-refractivity contribution in [2.45, 2.75) is 20.3 Å². The molecule has 0 aliphatic heterocycles. The maximum atomic E-state index is 12.0. The van der Waals surface area contributed by atoms with E-state index in [1.807, 2.05) is 24.3 Å². The molecule has 0 radical (unpaired) electrons. The second-order valence-electron chi connectivity index (χ2n) is 4.61. The summed E-state index contributed by atoms with van der Waals surface area (Å²) in [7, 11) is 0. The topological polar surface area (TPSA) is 78.4 Å². The van der Waals surface area contributed by atoms with Crippen LogP contribution in [-0.4, -0.2) is 35.1 Å². The summed E-state index contributed by atoms with van der Waals surface area (Å²) in [4.78, 5) is 32.6. The van der Waals surface area contributed by atoms with Gasteiger partial charge in [-0.15, -0.1) is 0 Å². The Morgan fingerprint density at radius 3 is 2.23 bits per heavy atom. The van der Waals surface area contributed by atoms with Crippen LogP contribution < -0.4 is 0 Å². The molecule has 0 amide bonds. The third kappa shape index (κ3) is 3.78. The van der Waals surface area contributed by atoms with E-state index in [-0.39, 0.29) is 19.6 Å². The van der Waals surface area contributed by atoms with Gasteiger partial charge in [-0.1, -0.05) is 12.1 Å². The standard InChI is InChI=1S/C16H18N2O4/c1-3-21-15(19)12(16(20)22-4-2)9-11-10-17-13-7-5-6-8-14(13)18-11/h5-8,10,12H,3-4,9H2,1-2H3. The van der Waals surface area contributed by atoms with Crippen LogP contribution in [0.25, 0.3) is 11.0 Å². The molecular formula is C16H18N2O4. The molecule has 0 aliphatic carbocycles. The van der Waals surface area contributed by atoms with Gasteiger partial charge in [0.25, 0.3) is 0 Å². The highest BCUT2D eigenvalue weighted by Crippen LogP contribution is 2.14. The van der Waals surface area contributed by atoms with Crippen molar-refractivity contribution in [1.29, 1.82) is 0 Å². The van der Waals surface area contributed by atoms with Gasteiger partial charge < -0.3 is 9.47 Å². The average molecular weight is 302 g/mol. The highest BCUT2D eigenvalue weighted by atomic mass is 16.6. The minimum absolute atomic E-state index is 0.107. The van der Waals surface area contributed by atoms with Crippen LogP contribution in [0, 0.1) is 5.92 Å². The molecule has 1 aromatic heterocycles. The summed E-state index contributed by atoms with van der Waals surface area (Å²) >= 11 is 0. The van der Waals surface area contributed by atoms with Crippen LogP contribution >= 0.6 is 0 Å². The van der Waals surface area contributed by atoms with E-state index in [9.17, 15) is 9.59 Å². The zero-order chi connectivity index (χ0) is 15.9. The molecule has 0 saturated carbocycles. The summed E-state index contributed by atoms with van der Waals surface area (Å²) in [5, 5.41) is 0. The Bertz CT molecular complexity index is 654. The van der Waals surface area contributed by atoms with Gasteiger partial charge in [-0.3, -0.25) is 14.6 Å². The number of aromatic nitrogens is 2. The van der Waals surface area contributed by atoms with Crippen LogP contribution in [0.15, 0.2) is 30.5 Å². The molecule has 1 aromatic carbocycles. The lowest BCUT2D eigenvalue weighted by Gasteiger charge is -2.14. The predicted molar refractivity (Wildman–Crippen MR) is 80.0 cm³/mol. The Morgan fingerprint density at radius 1 is 1.05 bits per heavy atom. The van der Waals surface area contributed by atoms with Gasteiger partial charge in [0.05, 0.1) is 29.9 Å². The Hall–Kier alpha value is -2.50. The number of ether oxygens (including phenoxy) is 2. The molecule has 6 nitrogen and oxygen atoms in total. The van der Waals surface area contributed by atoms with Gasteiger partial charge in [-0.05, 0) is 26.0 Å². The Labute approximate surface area is 128 Å². The largest absolute Gasteiger partial charge is 0.465 e. The molecule has 0 spiro atoms. The second kappa shape index (κ2) is 7.49. The normalized spacial score (nSPS) is 10.7. The number of hydrogen-bond acceptors (Lipinski definition) is 6. The van der Waals surface area contributed by atoms with Crippen molar-refractivity contribution in [2.75, 3.05) is 13.2 Å². The minimum atomic E-state index is -1.02. The van der Waals surface area contributed by atoms with Gasteiger partial charge in [-0.25, -0.2) is 4.98 Å². The number of para-hydroxylation sites is 2. The van der Waals surface area contributed by atoms with E-state index in [0.717, 1.165) is 5.52 Å². The Kier molecular flexibility index (Phi) is 5.41. The van der Waals surface area contributed by atoms with Crippen LogP contribution in [-0.2, 0) is 25.5 Å². The van der Waals surface area contributed by atoms with Crippen molar-refractivity contribution >= 4 is 23.0 Å². The van der Waals surface area contributed by atoms with E-state index in [2.05, 4.69) is 9.97 Å². The molecule has 116 valence electrons. The number of carbonyl (C=O) groups is 2. The van der Waals surface area contributed by atoms with Gasteiger partial charge in [0.15, 0.2) is 5.92 Å². The van der Waals surface area contributed by atoms with Crippen LogP contribution in [0.2, 0.25) is 0 Å². The number of esters is 2. The SMILES string of the molecule is CCOC(=O)C(Cc1cnc2ccccc2n1)C(=O)OCC. The summed E-state index contributed by atoms with van der Waals surface area (Å²) in [5.41, 5.74) is 2.02. The summed E-state index contributed by atoms with van der Waals surface area (Å²) in [6.07, 6.45) is 1.67. The number of fused-ring (bicyclic) bond motifs is 1. The maximum Gasteiger partial charge on any atom is 0.320 e. The first kappa shape index (κ1) is 15.9. The summed E-state index contributed by atoms with van der Waals surface area (Å²) in [6.45, 7) is 3.79. The zero-order valence-corrected chi connectivity index (χ0v) is 12.6. The first-order valence-electron chi connectivity index (χ1n) is 7.19. The van der Waals surface area contributed by atoms with Crippen LogP contribution in [0.1, 0.15) is 19.5 Å². The van der Waals surface area contributed by atoms with Gasteiger partial charge in [0, 0.05) is 12.6 Å². The molecule has 2 aromatic rings. The van der Waals surface area contributed by atoms with E-state index in [0.29, 0.717) is 11.2 Å². The van der Waals surface area contributed by atoms with E-state index >= 15 is 0 Å². The summed E-state index contributed by atoms with van der Waals surface area (Å²) in [5.74, 6) is -2.22. The molecular weight excluding hydrogens is 284 g/mol. The lowest BCUT2D eigenvalue weighted by molar-refractivity contribution is -0.161. The summed E-state index contributed by atoms with van der Waals surface area (Å²) < 4.78 is 9.89. The second-order valence-corrected chi connectivity index (χ2v) is 4.61. The van der Waals surface area contributed by atoms with E-state index in [4.69, 9.17) is 9.47 Å². The molecule has 0 N–H and O–H groups in total. The van der Waals surface area contributed by atoms with Crippen LogP contribution in [0.3, 0.4) is 0 Å². The molecule has 0 atom stereocenters. The fourth-order valence-corrected chi connectivity index (χ4v) is 2.05. The summed E-state index contributed by atoms with van der Waals surface area (Å²) in [6, 6.07) is 7.40. The van der Waals surface area contributed by atoms with E-state index < -0.39 is 17.9 Å². The first-order chi connectivity index (χ1) is 10.7. The van der Waals surface area contributed by atoms with Crippen molar-refractivity contribution < 1.29 is 19.1 Å². The minimum Gasteiger partial charge on any atom is -0.465 e. The zero-order valence-electron chi connectivity index (χ0n) is 12.6. The van der Waals surface area contributed by atoms with Gasteiger partial charge in [0.2, 0.25) is 0 Å². The smallest absolute Gasteiger partial charge is 0.320 e. The van der Waals surface area contributed by atoms with Gasteiger partial charge >= 0.3 is 11.9 Å². The third-order valence-corrected chi connectivity index (χ3v) is 3.05. The molecule has 22 heavy (non-hydrogen) atoms. The number of hydrogen-bond donors (Lipinski definition) is 0. The first-order valence-corrected chi connectivity index (χ1v) is 7.19. The molecule has 0 aliphatic rings. The molecule has 6 heteroatoms. The van der Waals surface area contributed by atoms with E-state index in [1.54, 1.807) is 20.0 Å².